The third-order valence-corrected chi connectivity index (χ3v) is 7.15. The van der Waals surface area contributed by atoms with Crippen molar-refractivity contribution in [3.63, 3.8) is 0 Å². The minimum absolute atomic E-state index is 0.199. The van der Waals surface area contributed by atoms with Crippen molar-refractivity contribution in [3.05, 3.63) is 50.4 Å². The highest BCUT2D eigenvalue weighted by Crippen LogP contribution is 2.23. The lowest BCUT2D eigenvalue weighted by Gasteiger charge is -2.22. The highest BCUT2D eigenvalue weighted by molar-refractivity contribution is 7.89. The minimum Gasteiger partial charge on any atom is -0.383 e. The van der Waals surface area contributed by atoms with E-state index >= 15 is 0 Å². The number of sulfonamides is 1. The van der Waals surface area contributed by atoms with Crippen molar-refractivity contribution in [2.75, 3.05) is 30.8 Å². The van der Waals surface area contributed by atoms with Gasteiger partial charge in [-0.2, -0.15) is 4.31 Å². The van der Waals surface area contributed by atoms with Crippen LogP contribution in [-0.2, 0) is 16.6 Å². The number of anilines is 2. The molecule has 0 spiro atoms. The summed E-state index contributed by atoms with van der Waals surface area (Å²) in [4.78, 5) is 40.2. The van der Waals surface area contributed by atoms with Crippen LogP contribution in [0.25, 0.3) is 0 Å². The second-order valence-corrected chi connectivity index (χ2v) is 9.03. The summed E-state index contributed by atoms with van der Waals surface area (Å²) >= 11 is 0. The van der Waals surface area contributed by atoms with Gasteiger partial charge in [-0.3, -0.25) is 19.1 Å². The fourth-order valence-corrected chi connectivity index (χ4v) is 4.75. The molecule has 0 unspecified atom stereocenters. The van der Waals surface area contributed by atoms with E-state index in [2.05, 4.69) is 4.98 Å². The molecule has 0 saturated heterocycles. The first-order valence-corrected chi connectivity index (χ1v) is 11.6. The van der Waals surface area contributed by atoms with Crippen LogP contribution in [0.15, 0.2) is 32.7 Å². The minimum atomic E-state index is -3.95. The number of aromatic amines is 1. The summed E-state index contributed by atoms with van der Waals surface area (Å²) in [6.45, 7) is 5.85. The fourth-order valence-electron chi connectivity index (χ4n) is 3.26. The Morgan fingerprint density at radius 1 is 1.19 bits per heavy atom. The summed E-state index contributed by atoms with van der Waals surface area (Å²) in [5.41, 5.74) is 3.49. The predicted octanol–water partition coefficient (Wildman–Crippen LogP) is 1.37. The van der Waals surface area contributed by atoms with E-state index in [1.165, 1.54) is 11.4 Å². The molecule has 0 fully saturated rings. The Morgan fingerprint density at radius 3 is 2.38 bits per heavy atom. The summed E-state index contributed by atoms with van der Waals surface area (Å²) in [6, 6.07) is 2.89. The maximum atomic E-state index is 14.5. The molecule has 0 atom stereocenters. The highest BCUT2D eigenvalue weighted by atomic mass is 32.2. The number of carbonyl (C=O) groups excluding carboxylic acids is 1. The average molecular weight is 470 g/mol. The quantitative estimate of drug-likeness (QED) is 0.569. The van der Waals surface area contributed by atoms with Crippen molar-refractivity contribution in [2.24, 2.45) is 0 Å². The number of hydrogen-bond donors (Lipinski definition) is 2. The molecule has 176 valence electrons. The van der Waals surface area contributed by atoms with E-state index < -0.39 is 38.6 Å². The van der Waals surface area contributed by atoms with Crippen LogP contribution in [0, 0.1) is 5.82 Å². The average Bonchev–Trinajstić information content (AvgIpc) is 2.73. The summed E-state index contributed by atoms with van der Waals surface area (Å²) in [7, 11) is -2.75. The Labute approximate surface area is 185 Å². The van der Waals surface area contributed by atoms with Gasteiger partial charge in [-0.05, 0) is 24.6 Å². The number of aromatic nitrogens is 2. The number of nitrogens with two attached hydrogens (primary N) is 1. The molecular weight excluding hydrogens is 441 g/mol. The third kappa shape index (κ3) is 4.75. The molecule has 2 aromatic rings. The van der Waals surface area contributed by atoms with Gasteiger partial charge in [0.25, 0.3) is 11.5 Å². The first-order valence-electron chi connectivity index (χ1n) is 10.2. The molecule has 2 rings (SSSR count). The molecular formula is C20H28FN5O5S. The van der Waals surface area contributed by atoms with Crippen LogP contribution in [0.4, 0.5) is 15.9 Å². The zero-order valence-electron chi connectivity index (χ0n) is 18.5. The van der Waals surface area contributed by atoms with E-state index in [0.717, 1.165) is 34.1 Å². The number of unbranched alkanes of at least 4 members (excludes halogenated alkanes) is 1. The van der Waals surface area contributed by atoms with Gasteiger partial charge in [-0.25, -0.2) is 17.6 Å². The maximum Gasteiger partial charge on any atom is 0.330 e. The molecule has 1 heterocycles. The van der Waals surface area contributed by atoms with Gasteiger partial charge in [0.2, 0.25) is 10.0 Å². The molecule has 0 aliphatic carbocycles. The summed E-state index contributed by atoms with van der Waals surface area (Å²) < 4.78 is 42.4. The van der Waals surface area contributed by atoms with E-state index in [4.69, 9.17) is 5.73 Å². The Kier molecular flexibility index (Phi) is 7.97. The van der Waals surface area contributed by atoms with Gasteiger partial charge in [0.15, 0.2) is 5.69 Å². The summed E-state index contributed by atoms with van der Waals surface area (Å²) in [6.07, 6.45) is 1.36. The third-order valence-electron chi connectivity index (χ3n) is 5.10. The maximum absolute atomic E-state index is 14.5. The highest BCUT2D eigenvalue weighted by Gasteiger charge is 2.27. The van der Waals surface area contributed by atoms with Crippen LogP contribution in [-0.4, -0.2) is 48.3 Å². The molecule has 10 nitrogen and oxygen atoms in total. The van der Waals surface area contributed by atoms with Gasteiger partial charge in [-0.15, -0.1) is 0 Å². The molecule has 1 aromatic heterocycles. The number of amides is 1. The van der Waals surface area contributed by atoms with Crippen LogP contribution in [0.3, 0.4) is 0 Å². The number of hydrogen-bond acceptors (Lipinski definition) is 6. The number of halogens is 1. The van der Waals surface area contributed by atoms with Gasteiger partial charge >= 0.3 is 5.69 Å². The van der Waals surface area contributed by atoms with E-state index in [1.54, 1.807) is 13.8 Å². The van der Waals surface area contributed by atoms with Crippen molar-refractivity contribution in [1.29, 1.82) is 0 Å². The number of H-pyrrole nitrogens is 1. The predicted molar refractivity (Wildman–Crippen MR) is 120 cm³/mol. The van der Waals surface area contributed by atoms with E-state index in [1.807, 2.05) is 6.92 Å². The molecule has 12 heteroatoms. The lowest BCUT2D eigenvalue weighted by atomic mass is 10.2. The van der Waals surface area contributed by atoms with Gasteiger partial charge in [-0.1, -0.05) is 27.2 Å². The number of benzene rings is 1. The van der Waals surface area contributed by atoms with Gasteiger partial charge < -0.3 is 10.6 Å². The second kappa shape index (κ2) is 10.1. The SMILES string of the molecule is CCCCn1c(N)c(N(C)C(=O)c2cc(S(=O)(=O)N(CC)CC)ccc2F)c(=O)[nH]c1=O. The van der Waals surface area contributed by atoms with E-state index in [9.17, 15) is 27.2 Å². The molecule has 0 aliphatic heterocycles. The zero-order valence-corrected chi connectivity index (χ0v) is 19.3. The van der Waals surface area contributed by atoms with Crippen LogP contribution < -0.4 is 21.9 Å². The van der Waals surface area contributed by atoms with E-state index in [0.29, 0.717) is 6.42 Å². The standard InChI is InChI=1S/C20H28FN5O5S/c1-5-8-11-26-17(22)16(18(27)23-20(26)29)24(4)19(28)14-12-13(9-10-15(14)21)32(30,31)25(6-2)7-3/h9-10,12H,5-8,11,22H2,1-4H3,(H,23,27,29). The Balaban J connectivity index is 2.57. The van der Waals surface area contributed by atoms with Crippen molar-refractivity contribution < 1.29 is 17.6 Å². The molecule has 3 N–H and O–H groups in total. The van der Waals surface area contributed by atoms with Crippen molar-refractivity contribution in [1.82, 2.24) is 13.9 Å². The van der Waals surface area contributed by atoms with Gasteiger partial charge in [0.1, 0.15) is 11.6 Å². The van der Waals surface area contributed by atoms with Crippen LogP contribution in [0.5, 0.6) is 0 Å². The fraction of sp³-hybridized carbons (Fsp3) is 0.450. The molecule has 0 saturated carbocycles. The Morgan fingerprint density at radius 2 is 1.81 bits per heavy atom. The number of carbonyl (C=O) groups is 1. The number of rotatable bonds is 9. The first kappa shape index (κ1) is 25.3. The van der Waals surface area contributed by atoms with Gasteiger partial charge in [0, 0.05) is 26.7 Å². The molecule has 1 aromatic carbocycles. The molecule has 1 amide bonds. The Bertz CT molecular complexity index is 1220. The number of nitrogens with one attached hydrogen (secondary N) is 1. The van der Waals surface area contributed by atoms with Crippen molar-refractivity contribution >= 4 is 27.4 Å². The lowest BCUT2D eigenvalue weighted by molar-refractivity contribution is 0.0988. The molecule has 0 aliphatic rings. The summed E-state index contributed by atoms with van der Waals surface area (Å²) in [5.74, 6) is -2.19. The van der Waals surface area contributed by atoms with Crippen LogP contribution >= 0.6 is 0 Å². The van der Waals surface area contributed by atoms with Crippen molar-refractivity contribution in [2.45, 2.75) is 45.1 Å². The number of nitrogens with zero attached hydrogens (tertiary/aromatic N) is 3. The molecule has 32 heavy (non-hydrogen) atoms. The van der Waals surface area contributed by atoms with Gasteiger partial charge in [0.05, 0.1) is 10.5 Å². The Hall–Kier alpha value is -2.99. The monoisotopic (exact) mass is 469 g/mol. The topological polar surface area (TPSA) is 139 Å². The first-order chi connectivity index (χ1) is 15.0. The van der Waals surface area contributed by atoms with Crippen LogP contribution in [0.1, 0.15) is 44.0 Å². The normalized spacial score (nSPS) is 11.7. The van der Waals surface area contributed by atoms with Crippen LogP contribution in [0.2, 0.25) is 0 Å². The smallest absolute Gasteiger partial charge is 0.330 e. The zero-order chi connectivity index (χ0) is 24.2. The molecule has 0 radical (unpaired) electrons. The lowest BCUT2D eigenvalue weighted by Crippen LogP contribution is -2.39. The second-order valence-electron chi connectivity index (χ2n) is 7.09. The largest absolute Gasteiger partial charge is 0.383 e. The van der Waals surface area contributed by atoms with Crippen molar-refractivity contribution in [3.8, 4) is 0 Å². The number of nitrogen functional groups attached to an aromatic ring is 1. The summed E-state index contributed by atoms with van der Waals surface area (Å²) in [5, 5.41) is 0. The molecule has 0 bridgehead atoms. The van der Waals surface area contributed by atoms with E-state index in [-0.39, 0.29) is 36.0 Å².